The maximum absolute atomic E-state index is 12.1. The smallest absolute Gasteiger partial charge is 0.164 e. The quantitative estimate of drug-likeness (QED) is 0.633. The number of nitrogens with one attached hydrogen (secondary N) is 1. The highest BCUT2D eigenvalue weighted by Crippen LogP contribution is 2.39. The molecule has 0 aliphatic rings. The van der Waals surface area contributed by atoms with Gasteiger partial charge in [0.05, 0.1) is 23.9 Å². The number of nitrogens with zero attached hydrogens (tertiary/aromatic N) is 2. The van der Waals surface area contributed by atoms with Gasteiger partial charge in [-0.3, -0.25) is 0 Å². The first-order valence-corrected chi connectivity index (χ1v) is 11.0. The van der Waals surface area contributed by atoms with Gasteiger partial charge >= 0.3 is 0 Å². The van der Waals surface area contributed by atoms with E-state index in [4.69, 9.17) is 4.74 Å². The van der Waals surface area contributed by atoms with Crippen molar-refractivity contribution >= 4 is 23.9 Å². The standard InChI is InChI=1S/C20H22N3O2P/c1-5-23-19-12-16(25-2)9-10-17(19)18(13-21)20(23)14-7-6-8-15(11-14)22-26(3,4)24/h6-12H,5H2,1-4H3,(H,22,24). The lowest BCUT2D eigenvalue weighted by atomic mass is 10.1. The van der Waals surface area contributed by atoms with Crippen molar-refractivity contribution in [1.82, 2.24) is 4.57 Å². The molecule has 0 aliphatic heterocycles. The van der Waals surface area contributed by atoms with E-state index in [2.05, 4.69) is 22.6 Å². The number of hydrogen-bond acceptors (Lipinski definition) is 3. The number of ether oxygens (including phenoxy) is 1. The van der Waals surface area contributed by atoms with Crippen LogP contribution in [-0.2, 0) is 11.1 Å². The van der Waals surface area contributed by atoms with Gasteiger partial charge in [0, 0.05) is 42.6 Å². The third-order valence-electron chi connectivity index (χ3n) is 4.23. The monoisotopic (exact) mass is 367 g/mol. The van der Waals surface area contributed by atoms with Crippen molar-refractivity contribution in [3.8, 4) is 23.1 Å². The lowest BCUT2D eigenvalue weighted by Crippen LogP contribution is -1.99. The summed E-state index contributed by atoms with van der Waals surface area (Å²) >= 11 is 0. The molecule has 0 fully saturated rings. The van der Waals surface area contributed by atoms with Crippen molar-refractivity contribution < 1.29 is 9.30 Å². The van der Waals surface area contributed by atoms with Crippen LogP contribution in [0.5, 0.6) is 5.75 Å². The molecule has 3 rings (SSSR count). The molecule has 0 saturated carbocycles. The van der Waals surface area contributed by atoms with Gasteiger partial charge in [0.15, 0.2) is 7.29 Å². The van der Waals surface area contributed by atoms with Crippen LogP contribution in [0, 0.1) is 11.3 Å². The Morgan fingerprint density at radius 1 is 1.23 bits per heavy atom. The lowest BCUT2D eigenvalue weighted by molar-refractivity contribution is 0.415. The third kappa shape index (κ3) is 3.34. The topological polar surface area (TPSA) is 67.0 Å². The van der Waals surface area contributed by atoms with Gasteiger partial charge in [0.2, 0.25) is 0 Å². The summed E-state index contributed by atoms with van der Waals surface area (Å²) in [5.74, 6) is 0.758. The number of aryl methyl sites for hydroxylation is 1. The number of methoxy groups -OCH3 is 1. The van der Waals surface area contributed by atoms with Crippen LogP contribution in [0.25, 0.3) is 22.2 Å². The van der Waals surface area contributed by atoms with Crippen LogP contribution >= 0.6 is 7.29 Å². The highest BCUT2D eigenvalue weighted by molar-refractivity contribution is 7.63. The van der Waals surface area contributed by atoms with Crippen molar-refractivity contribution in [2.24, 2.45) is 0 Å². The molecule has 5 nitrogen and oxygen atoms in total. The Kier molecular flexibility index (Phi) is 4.80. The van der Waals surface area contributed by atoms with Crippen LogP contribution in [0.3, 0.4) is 0 Å². The molecule has 0 aliphatic carbocycles. The van der Waals surface area contributed by atoms with Gasteiger partial charge < -0.3 is 19.0 Å². The van der Waals surface area contributed by atoms with E-state index in [0.717, 1.165) is 40.1 Å². The number of hydrogen-bond donors (Lipinski definition) is 1. The SMILES string of the molecule is CCn1c(-c2cccc(NP(C)(C)=O)c2)c(C#N)c2ccc(OC)cc21. The molecule has 3 aromatic rings. The normalized spacial score (nSPS) is 11.3. The van der Waals surface area contributed by atoms with E-state index in [9.17, 15) is 9.83 Å². The number of nitriles is 1. The van der Waals surface area contributed by atoms with Crippen molar-refractivity contribution in [2.45, 2.75) is 13.5 Å². The molecule has 2 aromatic carbocycles. The largest absolute Gasteiger partial charge is 0.497 e. The highest BCUT2D eigenvalue weighted by Gasteiger charge is 2.19. The first kappa shape index (κ1) is 18.1. The van der Waals surface area contributed by atoms with Gasteiger partial charge in [-0.2, -0.15) is 5.26 Å². The fourth-order valence-corrected chi connectivity index (χ4v) is 4.01. The number of benzene rings is 2. The average molecular weight is 367 g/mol. The molecular weight excluding hydrogens is 345 g/mol. The van der Waals surface area contributed by atoms with E-state index in [1.165, 1.54) is 0 Å². The Labute approximate surface area is 153 Å². The maximum Gasteiger partial charge on any atom is 0.164 e. The molecule has 0 unspecified atom stereocenters. The molecule has 0 radical (unpaired) electrons. The van der Waals surface area contributed by atoms with Gasteiger partial charge in [0.1, 0.15) is 11.8 Å². The number of aromatic nitrogens is 1. The molecule has 0 saturated heterocycles. The molecule has 0 bridgehead atoms. The van der Waals surface area contributed by atoms with Crippen LogP contribution in [0.1, 0.15) is 12.5 Å². The van der Waals surface area contributed by atoms with Crippen molar-refractivity contribution in [3.63, 3.8) is 0 Å². The molecule has 0 atom stereocenters. The molecule has 1 aromatic heterocycles. The Morgan fingerprint density at radius 2 is 2.00 bits per heavy atom. The number of anilines is 1. The summed E-state index contributed by atoms with van der Waals surface area (Å²) in [6, 6.07) is 15.8. The summed E-state index contributed by atoms with van der Waals surface area (Å²) in [5.41, 5.74) is 4.16. The van der Waals surface area contributed by atoms with E-state index in [1.807, 2.05) is 42.5 Å². The molecule has 1 heterocycles. The number of fused-ring (bicyclic) bond motifs is 1. The molecule has 134 valence electrons. The van der Waals surface area contributed by atoms with E-state index < -0.39 is 7.29 Å². The van der Waals surface area contributed by atoms with E-state index in [0.29, 0.717) is 5.56 Å². The Balaban J connectivity index is 2.26. The van der Waals surface area contributed by atoms with Crippen molar-refractivity contribution in [2.75, 3.05) is 25.5 Å². The van der Waals surface area contributed by atoms with Gasteiger partial charge in [-0.25, -0.2) is 0 Å². The maximum atomic E-state index is 12.1. The van der Waals surface area contributed by atoms with E-state index >= 15 is 0 Å². The highest BCUT2D eigenvalue weighted by atomic mass is 31.2. The fraction of sp³-hybridized carbons (Fsp3) is 0.250. The first-order chi connectivity index (χ1) is 12.4. The minimum atomic E-state index is -2.41. The third-order valence-corrected chi connectivity index (χ3v) is 5.03. The average Bonchev–Trinajstić information content (AvgIpc) is 2.92. The van der Waals surface area contributed by atoms with Crippen LogP contribution in [0.4, 0.5) is 5.69 Å². The Morgan fingerprint density at radius 3 is 2.62 bits per heavy atom. The molecule has 1 N–H and O–H groups in total. The second-order valence-corrected chi connectivity index (χ2v) is 9.43. The summed E-state index contributed by atoms with van der Waals surface area (Å²) in [7, 11) is -0.780. The van der Waals surface area contributed by atoms with Gasteiger partial charge in [0.25, 0.3) is 0 Å². The second kappa shape index (κ2) is 6.90. The Bertz CT molecular complexity index is 1060. The van der Waals surface area contributed by atoms with Crippen LogP contribution < -0.4 is 9.82 Å². The van der Waals surface area contributed by atoms with Gasteiger partial charge in [-0.1, -0.05) is 12.1 Å². The summed E-state index contributed by atoms with van der Waals surface area (Å²) in [6.45, 7) is 6.15. The number of rotatable bonds is 5. The minimum absolute atomic E-state index is 0.637. The summed E-state index contributed by atoms with van der Waals surface area (Å²) in [5, 5.41) is 13.8. The predicted octanol–water partition coefficient (Wildman–Crippen LogP) is 5.16. The van der Waals surface area contributed by atoms with Crippen molar-refractivity contribution in [1.29, 1.82) is 5.26 Å². The van der Waals surface area contributed by atoms with Gasteiger partial charge in [-0.15, -0.1) is 0 Å². The zero-order valence-electron chi connectivity index (χ0n) is 15.4. The van der Waals surface area contributed by atoms with Gasteiger partial charge in [-0.05, 0) is 31.2 Å². The van der Waals surface area contributed by atoms with Crippen molar-refractivity contribution in [3.05, 3.63) is 48.0 Å². The molecule has 26 heavy (non-hydrogen) atoms. The van der Waals surface area contributed by atoms with E-state index in [1.54, 1.807) is 20.4 Å². The first-order valence-electron chi connectivity index (χ1n) is 8.42. The molecular formula is C20H22N3O2P. The summed E-state index contributed by atoms with van der Waals surface area (Å²) in [4.78, 5) is 0. The van der Waals surface area contributed by atoms with E-state index in [-0.39, 0.29) is 0 Å². The van der Waals surface area contributed by atoms with Crippen LogP contribution in [-0.4, -0.2) is 25.0 Å². The zero-order chi connectivity index (χ0) is 18.9. The fourth-order valence-electron chi connectivity index (χ4n) is 3.24. The molecule has 0 amide bonds. The summed E-state index contributed by atoms with van der Waals surface area (Å²) in [6.07, 6.45) is 0. The zero-order valence-corrected chi connectivity index (χ0v) is 16.3. The lowest BCUT2D eigenvalue weighted by Gasteiger charge is -2.13. The van der Waals surface area contributed by atoms with Crippen LogP contribution in [0.2, 0.25) is 0 Å². The minimum Gasteiger partial charge on any atom is -0.497 e. The van der Waals surface area contributed by atoms with Crippen LogP contribution in [0.15, 0.2) is 42.5 Å². The second-order valence-electron chi connectivity index (χ2n) is 6.51. The summed E-state index contributed by atoms with van der Waals surface area (Å²) < 4.78 is 19.6. The Hall–Kier alpha value is -2.70. The molecule has 0 spiro atoms. The predicted molar refractivity (Wildman–Crippen MR) is 107 cm³/mol. The molecule has 6 heteroatoms.